The molecule has 0 spiro atoms. The quantitative estimate of drug-likeness (QED) is 0.722. The van der Waals surface area contributed by atoms with E-state index in [-0.39, 0.29) is 6.54 Å². The van der Waals surface area contributed by atoms with Crippen molar-refractivity contribution in [2.24, 2.45) is 0 Å². The molecule has 1 aromatic rings. The maximum Gasteiger partial charge on any atom is 0.407 e. The first kappa shape index (κ1) is 18.5. The summed E-state index contributed by atoms with van der Waals surface area (Å²) >= 11 is 0. The van der Waals surface area contributed by atoms with Crippen LogP contribution < -0.4 is 10.6 Å². The van der Waals surface area contributed by atoms with Crippen molar-refractivity contribution in [1.29, 1.82) is 0 Å². The number of carbonyl (C=O) groups excluding carboxylic acids is 1. The van der Waals surface area contributed by atoms with E-state index in [4.69, 9.17) is 4.74 Å². The number of rotatable bonds is 7. The molecule has 124 valence electrons. The molecule has 0 aliphatic rings. The standard InChI is InChI=1S/C17H28N2O3/c1-5-13-7-6-8-14(9-13)10-18-11-15(20)12-19-16(21)22-17(2,3)4/h6-9,15,18,20H,5,10-12H2,1-4H3,(H,19,21)/t15-/m1/s1. The van der Waals surface area contributed by atoms with Gasteiger partial charge in [-0.25, -0.2) is 4.79 Å². The summed E-state index contributed by atoms with van der Waals surface area (Å²) in [6.45, 7) is 8.79. The van der Waals surface area contributed by atoms with Gasteiger partial charge >= 0.3 is 6.09 Å². The lowest BCUT2D eigenvalue weighted by atomic mass is 10.1. The van der Waals surface area contributed by atoms with Crippen LogP contribution in [0, 0.1) is 0 Å². The van der Waals surface area contributed by atoms with E-state index < -0.39 is 17.8 Å². The fraction of sp³-hybridized carbons (Fsp3) is 0.588. The second-order valence-corrected chi connectivity index (χ2v) is 6.34. The zero-order valence-electron chi connectivity index (χ0n) is 14.0. The number of aliphatic hydroxyl groups is 1. The first-order chi connectivity index (χ1) is 10.3. The Morgan fingerprint density at radius 1 is 1.27 bits per heavy atom. The first-order valence-electron chi connectivity index (χ1n) is 7.73. The van der Waals surface area contributed by atoms with E-state index in [1.54, 1.807) is 20.8 Å². The van der Waals surface area contributed by atoms with Gasteiger partial charge < -0.3 is 20.5 Å². The van der Waals surface area contributed by atoms with Gasteiger partial charge in [-0.3, -0.25) is 0 Å². The summed E-state index contributed by atoms with van der Waals surface area (Å²) in [6, 6.07) is 8.34. The van der Waals surface area contributed by atoms with Gasteiger partial charge in [0.05, 0.1) is 6.10 Å². The lowest BCUT2D eigenvalue weighted by Gasteiger charge is -2.20. The summed E-state index contributed by atoms with van der Waals surface area (Å²) in [5.74, 6) is 0. The van der Waals surface area contributed by atoms with E-state index in [1.807, 2.05) is 6.07 Å². The Morgan fingerprint density at radius 2 is 1.95 bits per heavy atom. The van der Waals surface area contributed by atoms with E-state index in [2.05, 4.69) is 35.8 Å². The third-order valence-corrected chi connectivity index (χ3v) is 2.99. The zero-order valence-corrected chi connectivity index (χ0v) is 14.0. The van der Waals surface area contributed by atoms with Gasteiger partial charge in [0.2, 0.25) is 0 Å². The molecule has 1 aromatic carbocycles. The monoisotopic (exact) mass is 308 g/mol. The van der Waals surface area contributed by atoms with Gasteiger partial charge in [-0.05, 0) is 38.3 Å². The van der Waals surface area contributed by atoms with Gasteiger partial charge in [-0.2, -0.15) is 0 Å². The molecule has 0 fully saturated rings. The molecule has 1 rings (SSSR count). The molecule has 0 aliphatic carbocycles. The summed E-state index contributed by atoms with van der Waals surface area (Å²) in [5, 5.41) is 15.6. The lowest BCUT2D eigenvalue weighted by Crippen LogP contribution is -2.40. The smallest absolute Gasteiger partial charge is 0.407 e. The number of alkyl carbamates (subject to hydrolysis) is 1. The average Bonchev–Trinajstić information content (AvgIpc) is 2.43. The molecule has 22 heavy (non-hydrogen) atoms. The summed E-state index contributed by atoms with van der Waals surface area (Å²) in [7, 11) is 0. The Hall–Kier alpha value is -1.59. The molecule has 5 nitrogen and oxygen atoms in total. The van der Waals surface area contributed by atoms with Crippen LogP contribution in [-0.2, 0) is 17.7 Å². The zero-order chi connectivity index (χ0) is 16.6. The maximum absolute atomic E-state index is 11.5. The highest BCUT2D eigenvalue weighted by Crippen LogP contribution is 2.06. The normalized spacial score (nSPS) is 12.8. The number of amides is 1. The molecule has 0 bridgehead atoms. The van der Waals surface area contributed by atoms with E-state index in [0.29, 0.717) is 13.1 Å². The predicted molar refractivity (Wildman–Crippen MR) is 87.8 cm³/mol. The number of aryl methyl sites for hydroxylation is 1. The van der Waals surface area contributed by atoms with Crippen LogP contribution in [0.4, 0.5) is 4.79 Å². The van der Waals surface area contributed by atoms with Crippen LogP contribution >= 0.6 is 0 Å². The van der Waals surface area contributed by atoms with Crippen LogP contribution in [0.5, 0.6) is 0 Å². The highest BCUT2D eigenvalue weighted by molar-refractivity contribution is 5.67. The summed E-state index contributed by atoms with van der Waals surface area (Å²) in [5.41, 5.74) is 1.95. The third kappa shape index (κ3) is 8.00. The predicted octanol–water partition coefficient (Wildman–Crippen LogP) is 2.22. The van der Waals surface area contributed by atoms with Gasteiger partial charge in [0.1, 0.15) is 5.60 Å². The third-order valence-electron chi connectivity index (χ3n) is 2.99. The van der Waals surface area contributed by atoms with Crippen molar-refractivity contribution in [3.8, 4) is 0 Å². The van der Waals surface area contributed by atoms with Gasteiger partial charge in [-0.15, -0.1) is 0 Å². The summed E-state index contributed by atoms with van der Waals surface area (Å²) in [4.78, 5) is 11.5. The van der Waals surface area contributed by atoms with Crippen molar-refractivity contribution in [2.45, 2.75) is 52.4 Å². The molecule has 0 aromatic heterocycles. The van der Waals surface area contributed by atoms with Crippen molar-refractivity contribution in [3.05, 3.63) is 35.4 Å². The van der Waals surface area contributed by atoms with E-state index >= 15 is 0 Å². The number of benzene rings is 1. The van der Waals surface area contributed by atoms with Crippen LogP contribution in [-0.4, -0.2) is 36.0 Å². The first-order valence-corrected chi connectivity index (χ1v) is 7.73. The number of aliphatic hydroxyl groups excluding tert-OH is 1. The lowest BCUT2D eigenvalue weighted by molar-refractivity contribution is 0.0492. The molecular weight excluding hydrogens is 280 g/mol. The second-order valence-electron chi connectivity index (χ2n) is 6.34. The van der Waals surface area contributed by atoms with Crippen LogP contribution in [0.25, 0.3) is 0 Å². The number of ether oxygens (including phenoxy) is 1. The largest absolute Gasteiger partial charge is 0.444 e. The van der Waals surface area contributed by atoms with Gasteiger partial charge in [0, 0.05) is 19.6 Å². The van der Waals surface area contributed by atoms with Crippen LogP contribution in [0.3, 0.4) is 0 Å². The minimum Gasteiger partial charge on any atom is -0.444 e. The van der Waals surface area contributed by atoms with Crippen LogP contribution in [0.1, 0.15) is 38.8 Å². The average molecular weight is 308 g/mol. The molecule has 0 aliphatic heterocycles. The number of carbonyl (C=O) groups is 1. The van der Waals surface area contributed by atoms with E-state index in [0.717, 1.165) is 6.42 Å². The Kier molecular flexibility index (Phi) is 7.35. The minimum atomic E-state index is -0.651. The fourth-order valence-electron chi connectivity index (χ4n) is 1.93. The van der Waals surface area contributed by atoms with Crippen molar-refractivity contribution < 1.29 is 14.6 Å². The van der Waals surface area contributed by atoms with Crippen LogP contribution in [0.2, 0.25) is 0 Å². The highest BCUT2D eigenvalue weighted by Gasteiger charge is 2.16. The molecule has 1 atom stereocenters. The van der Waals surface area contributed by atoms with Crippen molar-refractivity contribution in [2.75, 3.05) is 13.1 Å². The Morgan fingerprint density at radius 3 is 2.59 bits per heavy atom. The number of nitrogens with one attached hydrogen (secondary N) is 2. The molecule has 0 heterocycles. The molecule has 3 N–H and O–H groups in total. The molecular formula is C17H28N2O3. The topological polar surface area (TPSA) is 70.6 Å². The number of hydrogen-bond acceptors (Lipinski definition) is 4. The second kappa shape index (κ2) is 8.76. The maximum atomic E-state index is 11.5. The van der Waals surface area contributed by atoms with Crippen molar-refractivity contribution >= 4 is 6.09 Å². The Labute approximate surface area is 133 Å². The van der Waals surface area contributed by atoms with Crippen molar-refractivity contribution in [1.82, 2.24) is 10.6 Å². The molecule has 0 saturated heterocycles. The highest BCUT2D eigenvalue weighted by atomic mass is 16.6. The van der Waals surface area contributed by atoms with Gasteiger partial charge in [0.25, 0.3) is 0 Å². The molecule has 5 heteroatoms. The molecule has 0 unspecified atom stereocenters. The minimum absolute atomic E-state index is 0.164. The van der Waals surface area contributed by atoms with Gasteiger partial charge in [0.15, 0.2) is 0 Å². The van der Waals surface area contributed by atoms with E-state index in [9.17, 15) is 9.90 Å². The summed E-state index contributed by atoms with van der Waals surface area (Å²) < 4.78 is 5.11. The Balaban J connectivity index is 2.23. The molecule has 0 radical (unpaired) electrons. The molecule has 1 amide bonds. The van der Waals surface area contributed by atoms with Crippen LogP contribution in [0.15, 0.2) is 24.3 Å². The molecule has 0 saturated carbocycles. The summed E-state index contributed by atoms with van der Waals surface area (Å²) in [6.07, 6.45) is -0.153. The van der Waals surface area contributed by atoms with E-state index in [1.165, 1.54) is 11.1 Å². The SMILES string of the molecule is CCc1cccc(CNC[C@@H](O)CNC(=O)OC(C)(C)C)c1. The Bertz CT molecular complexity index is 469. The van der Waals surface area contributed by atoms with Crippen molar-refractivity contribution in [3.63, 3.8) is 0 Å². The number of hydrogen-bond donors (Lipinski definition) is 3. The fourth-order valence-corrected chi connectivity index (χ4v) is 1.93. The van der Waals surface area contributed by atoms with Gasteiger partial charge in [-0.1, -0.05) is 31.2 Å².